The fourth-order valence-corrected chi connectivity index (χ4v) is 2.81. The molecule has 1 unspecified atom stereocenters. The minimum atomic E-state index is 0.0916. The molecule has 97 valence electrons. The molecule has 0 bridgehead atoms. The number of hydrogen-bond acceptors (Lipinski definition) is 3. The van der Waals surface area contributed by atoms with Crippen LogP contribution >= 0.6 is 0 Å². The number of Topliss-reactive ketones (excluding diaryl/α,β-unsaturated/α-hetero) is 1. The molecule has 2 heterocycles. The third-order valence-electron chi connectivity index (χ3n) is 3.95. The minimum Gasteiger partial charge on any atom is -0.357 e. The molecule has 4 heteroatoms. The summed E-state index contributed by atoms with van der Waals surface area (Å²) in [5, 5.41) is 4.61. The van der Waals surface area contributed by atoms with Crippen LogP contribution in [0.1, 0.15) is 62.8 Å². The molecular formula is C14H19N2O2. The van der Waals surface area contributed by atoms with Crippen LogP contribution in [0.3, 0.4) is 0 Å². The molecule has 3 rings (SSSR count). The number of hydrogen-bond donors (Lipinski definition) is 0. The number of aromatic nitrogens is 2. The van der Waals surface area contributed by atoms with Gasteiger partial charge in [-0.25, -0.2) is 4.68 Å². The first-order valence-corrected chi connectivity index (χ1v) is 6.93. The maximum Gasteiger partial charge on any atom is 0.150 e. The summed E-state index contributed by atoms with van der Waals surface area (Å²) in [6.45, 7) is 0.831. The Kier molecular flexibility index (Phi) is 3.46. The van der Waals surface area contributed by atoms with Crippen molar-refractivity contribution >= 4 is 5.78 Å². The fourth-order valence-electron chi connectivity index (χ4n) is 2.81. The van der Waals surface area contributed by atoms with Crippen LogP contribution in [0.5, 0.6) is 0 Å². The number of ether oxygens (including phenoxy) is 1. The van der Waals surface area contributed by atoms with Crippen molar-refractivity contribution in [1.29, 1.82) is 0 Å². The van der Waals surface area contributed by atoms with Crippen molar-refractivity contribution in [2.75, 3.05) is 6.61 Å². The number of ketones is 1. The summed E-state index contributed by atoms with van der Waals surface area (Å²) in [6, 6.07) is 3.25. The first kappa shape index (κ1) is 11.9. The van der Waals surface area contributed by atoms with Crippen LogP contribution in [-0.2, 0) is 9.53 Å². The van der Waals surface area contributed by atoms with E-state index in [-0.39, 0.29) is 6.23 Å². The van der Waals surface area contributed by atoms with Gasteiger partial charge in [0.2, 0.25) is 0 Å². The fraction of sp³-hybridized carbons (Fsp3) is 0.714. The Morgan fingerprint density at radius 3 is 2.83 bits per heavy atom. The molecule has 1 saturated carbocycles. The molecular weight excluding hydrogens is 228 g/mol. The summed E-state index contributed by atoms with van der Waals surface area (Å²) in [7, 11) is 0. The Bertz CT molecular complexity index is 411. The van der Waals surface area contributed by atoms with E-state index < -0.39 is 0 Å². The van der Waals surface area contributed by atoms with E-state index in [2.05, 4.69) is 11.2 Å². The van der Waals surface area contributed by atoms with Crippen molar-refractivity contribution in [3.8, 4) is 0 Å². The molecule has 1 radical (unpaired) electrons. The second-order valence-electron chi connectivity index (χ2n) is 5.27. The standard InChI is InChI=1S/C14H19N2O2/c17-12-6-4-11(5-7-12)13-8-9-16(15-13)14-3-1-2-10-18-14/h9,11,14H,1-7,10H2. The van der Waals surface area contributed by atoms with Gasteiger partial charge in [0.25, 0.3) is 0 Å². The third-order valence-corrected chi connectivity index (χ3v) is 3.95. The van der Waals surface area contributed by atoms with Gasteiger partial charge in [0.15, 0.2) is 0 Å². The van der Waals surface area contributed by atoms with E-state index in [1.54, 1.807) is 0 Å². The summed E-state index contributed by atoms with van der Waals surface area (Å²) in [5.74, 6) is 0.800. The van der Waals surface area contributed by atoms with Gasteiger partial charge < -0.3 is 4.74 Å². The monoisotopic (exact) mass is 247 g/mol. The lowest BCUT2D eigenvalue weighted by Crippen LogP contribution is -2.19. The molecule has 0 spiro atoms. The molecule has 1 aliphatic carbocycles. The molecule has 1 saturated heterocycles. The molecule has 0 amide bonds. The molecule has 0 aromatic carbocycles. The highest BCUT2D eigenvalue weighted by atomic mass is 16.5. The zero-order chi connectivity index (χ0) is 12.4. The van der Waals surface area contributed by atoms with E-state index in [0.29, 0.717) is 24.5 Å². The van der Waals surface area contributed by atoms with Gasteiger partial charge in [0.1, 0.15) is 12.0 Å². The van der Waals surface area contributed by atoms with Crippen molar-refractivity contribution in [3.63, 3.8) is 0 Å². The second kappa shape index (κ2) is 5.22. The molecule has 2 aliphatic rings. The quantitative estimate of drug-likeness (QED) is 0.807. The molecule has 1 aromatic rings. The number of carbonyl (C=O) groups excluding carboxylic acids is 1. The minimum absolute atomic E-state index is 0.0916. The first-order chi connectivity index (χ1) is 8.83. The van der Waals surface area contributed by atoms with Gasteiger partial charge >= 0.3 is 0 Å². The van der Waals surface area contributed by atoms with Gasteiger partial charge in [0.05, 0.1) is 5.69 Å². The van der Waals surface area contributed by atoms with E-state index >= 15 is 0 Å². The Morgan fingerprint density at radius 1 is 1.28 bits per heavy atom. The molecule has 1 aromatic heterocycles. The second-order valence-corrected chi connectivity index (χ2v) is 5.27. The van der Waals surface area contributed by atoms with Crippen LogP contribution in [0.15, 0.2) is 6.20 Å². The highest BCUT2D eigenvalue weighted by molar-refractivity contribution is 5.79. The average molecular weight is 247 g/mol. The van der Waals surface area contributed by atoms with Crippen molar-refractivity contribution in [2.45, 2.75) is 57.1 Å². The SMILES string of the molecule is O=C1CCC(c2[c]cn(C3CCCCO3)n2)CC1. The topological polar surface area (TPSA) is 44.1 Å². The van der Waals surface area contributed by atoms with E-state index in [1.807, 2.05) is 10.9 Å². The molecule has 2 fully saturated rings. The predicted molar refractivity (Wildman–Crippen MR) is 66.1 cm³/mol. The first-order valence-electron chi connectivity index (χ1n) is 6.93. The Balaban J connectivity index is 1.67. The van der Waals surface area contributed by atoms with Crippen molar-refractivity contribution in [2.24, 2.45) is 0 Å². The summed E-state index contributed by atoms with van der Waals surface area (Å²) in [5.41, 5.74) is 1.01. The maximum absolute atomic E-state index is 11.2. The molecule has 1 aliphatic heterocycles. The average Bonchev–Trinajstić information content (AvgIpc) is 2.90. The van der Waals surface area contributed by atoms with Crippen LogP contribution in [-0.4, -0.2) is 22.2 Å². The number of carbonyl (C=O) groups is 1. The van der Waals surface area contributed by atoms with Gasteiger partial charge in [-0.2, -0.15) is 5.10 Å². The van der Waals surface area contributed by atoms with Gasteiger partial charge in [-0.05, 0) is 32.1 Å². The lowest BCUT2D eigenvalue weighted by atomic mass is 9.86. The predicted octanol–water partition coefficient (Wildman–Crippen LogP) is 2.61. The highest BCUT2D eigenvalue weighted by Crippen LogP contribution is 2.30. The molecule has 18 heavy (non-hydrogen) atoms. The molecule has 4 nitrogen and oxygen atoms in total. The van der Waals surface area contributed by atoms with E-state index in [4.69, 9.17) is 4.74 Å². The third kappa shape index (κ3) is 2.48. The van der Waals surface area contributed by atoms with Crippen molar-refractivity contribution in [1.82, 2.24) is 9.78 Å². The summed E-state index contributed by atoms with van der Waals surface area (Å²) in [6.07, 6.45) is 8.65. The van der Waals surface area contributed by atoms with E-state index in [9.17, 15) is 4.79 Å². The number of nitrogens with zero attached hydrogens (tertiary/aromatic N) is 2. The zero-order valence-corrected chi connectivity index (χ0v) is 10.6. The smallest absolute Gasteiger partial charge is 0.150 e. The molecule has 0 N–H and O–H groups in total. The van der Waals surface area contributed by atoms with E-state index in [1.165, 1.54) is 6.42 Å². The summed E-state index contributed by atoms with van der Waals surface area (Å²) < 4.78 is 7.62. The number of rotatable bonds is 2. The van der Waals surface area contributed by atoms with Crippen LogP contribution in [0.4, 0.5) is 0 Å². The lowest BCUT2D eigenvalue weighted by Gasteiger charge is -2.23. The maximum atomic E-state index is 11.2. The van der Waals surface area contributed by atoms with E-state index in [0.717, 1.165) is 38.0 Å². The Hall–Kier alpha value is -1.16. The van der Waals surface area contributed by atoms with Crippen LogP contribution in [0.2, 0.25) is 0 Å². The van der Waals surface area contributed by atoms with Gasteiger partial charge in [-0.1, -0.05) is 0 Å². The van der Waals surface area contributed by atoms with Crippen LogP contribution in [0.25, 0.3) is 0 Å². The lowest BCUT2D eigenvalue weighted by molar-refractivity contribution is -0.120. The normalized spacial score (nSPS) is 26.4. The van der Waals surface area contributed by atoms with Crippen LogP contribution in [0, 0.1) is 6.07 Å². The zero-order valence-electron chi connectivity index (χ0n) is 10.6. The summed E-state index contributed by atoms with van der Waals surface area (Å²) in [4.78, 5) is 11.2. The highest BCUT2D eigenvalue weighted by Gasteiger charge is 2.24. The summed E-state index contributed by atoms with van der Waals surface area (Å²) >= 11 is 0. The Labute approximate surface area is 107 Å². The largest absolute Gasteiger partial charge is 0.357 e. The van der Waals surface area contributed by atoms with Crippen molar-refractivity contribution in [3.05, 3.63) is 18.0 Å². The molecule has 1 atom stereocenters. The van der Waals surface area contributed by atoms with Gasteiger partial charge in [-0.3, -0.25) is 4.79 Å². The van der Waals surface area contributed by atoms with Gasteiger partial charge in [0, 0.05) is 37.6 Å². The van der Waals surface area contributed by atoms with Crippen LogP contribution < -0.4 is 0 Å². The van der Waals surface area contributed by atoms with Crippen molar-refractivity contribution < 1.29 is 9.53 Å². The van der Waals surface area contributed by atoms with Gasteiger partial charge in [-0.15, -0.1) is 0 Å². The Morgan fingerprint density at radius 2 is 2.11 bits per heavy atom.